The summed E-state index contributed by atoms with van der Waals surface area (Å²) < 4.78 is 0. The molecule has 3 aromatic rings. The Bertz CT molecular complexity index is 664. The van der Waals surface area contributed by atoms with Gasteiger partial charge in [-0.1, -0.05) is 48.5 Å². The fraction of sp³-hybridized carbons (Fsp3) is 0. The van der Waals surface area contributed by atoms with E-state index in [0.717, 1.165) is 0 Å². The summed E-state index contributed by atoms with van der Waals surface area (Å²) in [6.07, 6.45) is 0. The predicted octanol–water partition coefficient (Wildman–Crippen LogP) is -0.647. The first-order chi connectivity index (χ1) is 9.61. The van der Waals surface area contributed by atoms with Crippen molar-refractivity contribution < 1.29 is 20.1 Å². The molecule has 0 heterocycles. The van der Waals surface area contributed by atoms with Crippen LogP contribution in [0.4, 0.5) is 0 Å². The molecule has 0 aromatic heterocycles. The molecule has 0 amide bonds. The number of benzene rings is 3. The topological polar surface area (TPSA) is 80.9 Å². The van der Waals surface area contributed by atoms with Gasteiger partial charge in [-0.2, -0.15) is 0 Å². The molecule has 4 nitrogen and oxygen atoms in total. The first kappa shape index (κ1) is 13.1. The van der Waals surface area contributed by atoms with E-state index in [1.165, 1.54) is 0 Å². The molecule has 3 aromatic carbocycles. The summed E-state index contributed by atoms with van der Waals surface area (Å²) >= 11 is 0. The third-order valence-corrected chi connectivity index (χ3v) is 3.53. The van der Waals surface area contributed by atoms with Gasteiger partial charge in [0.2, 0.25) is 0 Å². The maximum atomic E-state index is 9.68. The fourth-order valence-corrected chi connectivity index (χ4v) is 2.75. The van der Waals surface area contributed by atoms with Gasteiger partial charge >= 0.3 is 14.2 Å². The lowest BCUT2D eigenvalue weighted by Gasteiger charge is -2.15. The number of hydrogen-bond donors (Lipinski definition) is 4. The van der Waals surface area contributed by atoms with Crippen molar-refractivity contribution in [3.8, 4) is 0 Å². The van der Waals surface area contributed by atoms with Crippen LogP contribution in [0.5, 0.6) is 0 Å². The van der Waals surface area contributed by atoms with Crippen LogP contribution in [-0.2, 0) is 0 Å². The first-order valence-electron chi connectivity index (χ1n) is 6.26. The minimum atomic E-state index is -1.63. The lowest BCUT2D eigenvalue weighted by molar-refractivity contribution is 0.425. The van der Waals surface area contributed by atoms with Crippen molar-refractivity contribution in [1.29, 1.82) is 0 Å². The van der Waals surface area contributed by atoms with Gasteiger partial charge in [-0.25, -0.2) is 0 Å². The van der Waals surface area contributed by atoms with Gasteiger partial charge in [-0.15, -0.1) is 0 Å². The predicted molar refractivity (Wildman–Crippen MR) is 81.1 cm³/mol. The molecule has 0 saturated carbocycles. The Balaban J connectivity index is 2.62. The highest BCUT2D eigenvalue weighted by Crippen LogP contribution is 2.19. The molecule has 0 saturated heterocycles. The molecule has 0 unspecified atom stereocenters. The van der Waals surface area contributed by atoms with Crippen molar-refractivity contribution in [2.75, 3.05) is 0 Å². The Kier molecular flexibility index (Phi) is 3.23. The van der Waals surface area contributed by atoms with Crippen molar-refractivity contribution in [3.05, 3.63) is 48.5 Å². The summed E-state index contributed by atoms with van der Waals surface area (Å²) in [7, 11) is -3.26. The average molecular weight is 266 g/mol. The van der Waals surface area contributed by atoms with Crippen LogP contribution in [0.15, 0.2) is 48.5 Å². The van der Waals surface area contributed by atoms with Gasteiger partial charge < -0.3 is 20.1 Å². The van der Waals surface area contributed by atoms with E-state index in [-0.39, 0.29) is 0 Å². The highest BCUT2D eigenvalue weighted by atomic mass is 16.4. The van der Waals surface area contributed by atoms with Crippen molar-refractivity contribution in [2.45, 2.75) is 0 Å². The lowest BCUT2D eigenvalue weighted by Crippen LogP contribution is -2.37. The zero-order valence-electron chi connectivity index (χ0n) is 10.6. The molecular formula is C14H12B2O4. The van der Waals surface area contributed by atoms with Crippen LogP contribution in [0.1, 0.15) is 0 Å². The monoisotopic (exact) mass is 266 g/mol. The largest absolute Gasteiger partial charge is 0.489 e. The van der Waals surface area contributed by atoms with Crippen LogP contribution < -0.4 is 10.9 Å². The van der Waals surface area contributed by atoms with E-state index in [4.69, 9.17) is 0 Å². The molecule has 0 aliphatic carbocycles. The first-order valence-corrected chi connectivity index (χ1v) is 6.26. The molecule has 0 atom stereocenters. The van der Waals surface area contributed by atoms with Crippen LogP contribution in [0.3, 0.4) is 0 Å². The minimum absolute atomic E-state index is 0.376. The van der Waals surface area contributed by atoms with E-state index in [1.54, 1.807) is 48.5 Å². The number of fused-ring (bicyclic) bond motifs is 2. The van der Waals surface area contributed by atoms with Crippen molar-refractivity contribution >= 4 is 46.7 Å². The van der Waals surface area contributed by atoms with Gasteiger partial charge in [-0.05, 0) is 32.5 Å². The number of hydrogen-bond acceptors (Lipinski definition) is 4. The molecule has 4 N–H and O–H groups in total. The fourth-order valence-electron chi connectivity index (χ4n) is 2.75. The Hall–Kier alpha value is -1.85. The molecule has 0 spiro atoms. The molecule has 0 aliphatic heterocycles. The van der Waals surface area contributed by atoms with E-state index in [0.29, 0.717) is 32.5 Å². The van der Waals surface area contributed by atoms with E-state index in [2.05, 4.69) is 0 Å². The molecule has 0 fully saturated rings. The van der Waals surface area contributed by atoms with E-state index in [9.17, 15) is 20.1 Å². The second kappa shape index (κ2) is 4.92. The standard InChI is InChI=1S/C14H12B2O4/c17-15(18)13-9-5-1-2-6-10(9)14(16(19)20)12-8-4-3-7-11(12)13/h1-8,17-20H. The van der Waals surface area contributed by atoms with Gasteiger partial charge in [0.1, 0.15) is 0 Å². The molecule has 6 heteroatoms. The maximum Gasteiger partial charge on any atom is 0.489 e. The third kappa shape index (κ3) is 1.90. The van der Waals surface area contributed by atoms with Crippen LogP contribution >= 0.6 is 0 Å². The average Bonchev–Trinajstić information content (AvgIpc) is 2.43. The summed E-state index contributed by atoms with van der Waals surface area (Å²) in [5.74, 6) is 0. The highest BCUT2D eigenvalue weighted by Gasteiger charge is 2.25. The van der Waals surface area contributed by atoms with Gasteiger partial charge in [0.05, 0.1) is 0 Å². The van der Waals surface area contributed by atoms with Gasteiger partial charge in [-0.3, -0.25) is 0 Å². The lowest BCUT2D eigenvalue weighted by atomic mass is 9.67. The van der Waals surface area contributed by atoms with E-state index < -0.39 is 14.2 Å². The zero-order valence-corrected chi connectivity index (χ0v) is 10.6. The van der Waals surface area contributed by atoms with Gasteiger partial charge in [0.25, 0.3) is 0 Å². The van der Waals surface area contributed by atoms with Gasteiger partial charge in [0.15, 0.2) is 0 Å². The van der Waals surface area contributed by atoms with Crippen LogP contribution in [0.2, 0.25) is 0 Å². The second-order valence-corrected chi connectivity index (χ2v) is 4.67. The van der Waals surface area contributed by atoms with Crippen LogP contribution in [0.25, 0.3) is 21.5 Å². The minimum Gasteiger partial charge on any atom is -0.423 e. The molecule has 0 bridgehead atoms. The Labute approximate surface area is 116 Å². The van der Waals surface area contributed by atoms with Crippen molar-refractivity contribution in [2.24, 2.45) is 0 Å². The Morgan fingerprint density at radius 1 is 0.500 bits per heavy atom. The van der Waals surface area contributed by atoms with Gasteiger partial charge in [0, 0.05) is 0 Å². The second-order valence-electron chi connectivity index (χ2n) is 4.67. The Morgan fingerprint density at radius 3 is 0.950 bits per heavy atom. The maximum absolute atomic E-state index is 9.68. The van der Waals surface area contributed by atoms with Crippen molar-refractivity contribution in [1.82, 2.24) is 0 Å². The van der Waals surface area contributed by atoms with Crippen LogP contribution in [-0.4, -0.2) is 34.3 Å². The molecular weight excluding hydrogens is 254 g/mol. The third-order valence-electron chi connectivity index (χ3n) is 3.53. The summed E-state index contributed by atoms with van der Waals surface area (Å²) in [5, 5.41) is 41.1. The zero-order chi connectivity index (χ0) is 14.3. The highest BCUT2D eigenvalue weighted by molar-refractivity contribution is 6.71. The summed E-state index contributed by atoms with van der Waals surface area (Å²) in [6, 6.07) is 14.1. The SMILES string of the molecule is OB(O)c1c2ccccc2c(B(O)O)c2ccccc12. The molecule has 0 aliphatic rings. The molecule has 0 radical (unpaired) electrons. The smallest absolute Gasteiger partial charge is 0.423 e. The summed E-state index contributed by atoms with van der Waals surface area (Å²) in [5.41, 5.74) is 0.751. The molecule has 20 heavy (non-hydrogen) atoms. The van der Waals surface area contributed by atoms with Crippen molar-refractivity contribution in [3.63, 3.8) is 0 Å². The normalized spacial score (nSPS) is 11.0. The number of rotatable bonds is 2. The molecule has 98 valence electrons. The van der Waals surface area contributed by atoms with E-state index in [1.807, 2.05) is 0 Å². The Morgan fingerprint density at radius 2 is 0.750 bits per heavy atom. The van der Waals surface area contributed by atoms with E-state index >= 15 is 0 Å². The molecule has 3 rings (SSSR count). The summed E-state index contributed by atoms with van der Waals surface area (Å²) in [4.78, 5) is 0. The quantitative estimate of drug-likeness (QED) is 0.367. The summed E-state index contributed by atoms with van der Waals surface area (Å²) in [6.45, 7) is 0. The van der Waals surface area contributed by atoms with Crippen LogP contribution in [0, 0.1) is 0 Å².